The van der Waals surface area contributed by atoms with Crippen LogP contribution < -0.4 is 36.2 Å². The zero-order valence-corrected chi connectivity index (χ0v) is 32.9. The van der Waals surface area contributed by atoms with Crippen molar-refractivity contribution in [2.45, 2.75) is 70.0 Å². The molecule has 6 heterocycles. The number of piperidine rings is 2. The lowest BCUT2D eigenvalue weighted by molar-refractivity contribution is -0.136. The highest BCUT2D eigenvalue weighted by atomic mass is 16.5. The van der Waals surface area contributed by atoms with E-state index in [1.54, 1.807) is 19.2 Å². The molecule has 0 bridgehead atoms. The highest BCUT2D eigenvalue weighted by molar-refractivity contribution is 6.25. The van der Waals surface area contributed by atoms with Crippen molar-refractivity contribution in [3.05, 3.63) is 58.9 Å². The summed E-state index contributed by atoms with van der Waals surface area (Å²) in [6.07, 6.45) is 4.43. The second-order valence-electron chi connectivity index (χ2n) is 15.4. The van der Waals surface area contributed by atoms with E-state index in [1.807, 2.05) is 31.2 Å². The van der Waals surface area contributed by atoms with Gasteiger partial charge in [0.05, 0.1) is 35.3 Å². The van der Waals surface area contributed by atoms with Crippen molar-refractivity contribution < 1.29 is 33.4 Å². The van der Waals surface area contributed by atoms with Gasteiger partial charge in [0.25, 0.3) is 17.7 Å². The van der Waals surface area contributed by atoms with Crippen LogP contribution in [0.5, 0.6) is 5.75 Å². The van der Waals surface area contributed by atoms with Crippen LogP contribution in [0.15, 0.2) is 36.4 Å². The molecule has 4 saturated heterocycles. The van der Waals surface area contributed by atoms with Crippen molar-refractivity contribution >= 4 is 58.2 Å². The summed E-state index contributed by atoms with van der Waals surface area (Å²) >= 11 is 0. The molecule has 1 unspecified atom stereocenters. The molecule has 0 aliphatic carbocycles. The predicted molar refractivity (Wildman–Crippen MR) is 216 cm³/mol. The lowest BCUT2D eigenvalue weighted by Crippen LogP contribution is -2.54. The number of nitrogens with two attached hydrogens (primary N) is 1. The van der Waals surface area contributed by atoms with E-state index in [1.165, 1.54) is 0 Å². The number of nitrogens with one attached hydrogen (secondary N) is 3. The van der Waals surface area contributed by atoms with E-state index in [9.17, 15) is 24.0 Å². The van der Waals surface area contributed by atoms with Crippen molar-refractivity contribution in [1.82, 2.24) is 25.1 Å². The van der Waals surface area contributed by atoms with Crippen LogP contribution in [0.3, 0.4) is 0 Å². The molecule has 58 heavy (non-hydrogen) atoms. The van der Waals surface area contributed by atoms with E-state index in [0.29, 0.717) is 78.5 Å². The first-order valence-electron chi connectivity index (χ1n) is 20.2. The number of benzene rings is 2. The standard InChI is InChI=1S/C41H50N10O7/c1-3-28-37(43-24-13-21-58-22-14-24)47-38(35(45-28)36(42)53)44-25-7-8-29(32(23-25)57-2)49-15-11-26(12-16-49)48-17-19-50(20-18-48)30-6-4-5-27-34(30)41(56)51(40(27)55)31-9-10-33(52)46-39(31)54/h4-8,23-24,26,31H,3,9-22H2,1-2H3,(H2,42,53)(H2,43,44,47)(H,46,52,54). The van der Waals surface area contributed by atoms with Gasteiger partial charge in [0.15, 0.2) is 17.3 Å². The molecule has 1 aromatic heterocycles. The summed E-state index contributed by atoms with van der Waals surface area (Å²) in [7, 11) is 1.65. The van der Waals surface area contributed by atoms with E-state index in [4.69, 9.17) is 20.2 Å². The SMILES string of the molecule is CCc1nc(C(N)=O)c(Nc2ccc(N3CCC(N4CCN(c5cccc6c5C(=O)N(C5CCC(=O)NC5=O)C6=O)CC4)CC3)c(OC)c2)nc1NC1CCOCC1. The third kappa shape index (κ3) is 7.63. The van der Waals surface area contributed by atoms with Gasteiger partial charge >= 0.3 is 0 Å². The van der Waals surface area contributed by atoms with Gasteiger partial charge in [-0.2, -0.15) is 0 Å². The first-order valence-corrected chi connectivity index (χ1v) is 20.2. The molecule has 0 spiro atoms. The Morgan fingerprint density at radius 3 is 2.33 bits per heavy atom. The van der Waals surface area contributed by atoms with Gasteiger partial charge in [-0.25, -0.2) is 9.97 Å². The summed E-state index contributed by atoms with van der Waals surface area (Å²) in [5.74, 6) is -1.06. The van der Waals surface area contributed by atoms with E-state index in [-0.39, 0.29) is 30.4 Å². The molecule has 17 heteroatoms. The average molecular weight is 795 g/mol. The second kappa shape index (κ2) is 16.6. The first kappa shape index (κ1) is 39.0. The Balaban J connectivity index is 0.892. The van der Waals surface area contributed by atoms with Gasteiger partial charge in [-0.1, -0.05) is 13.0 Å². The maximum atomic E-state index is 13.7. The number of aryl methyl sites for hydroxylation is 1. The van der Waals surface area contributed by atoms with Gasteiger partial charge in [-0.15, -0.1) is 0 Å². The fourth-order valence-corrected chi connectivity index (χ4v) is 8.84. The summed E-state index contributed by atoms with van der Waals surface area (Å²) in [5.41, 5.74) is 9.51. The van der Waals surface area contributed by atoms with Crippen LogP contribution in [0.4, 0.5) is 28.7 Å². The largest absolute Gasteiger partial charge is 0.495 e. The molecule has 5 N–H and O–H groups in total. The number of ether oxygens (including phenoxy) is 2. The Morgan fingerprint density at radius 1 is 0.897 bits per heavy atom. The maximum Gasteiger partial charge on any atom is 0.271 e. The van der Waals surface area contributed by atoms with Crippen LogP contribution in [-0.4, -0.2) is 127 Å². The van der Waals surface area contributed by atoms with Crippen LogP contribution in [0.1, 0.15) is 82.3 Å². The number of aromatic nitrogens is 2. The molecule has 0 radical (unpaired) electrons. The lowest BCUT2D eigenvalue weighted by Gasteiger charge is -2.44. The molecule has 1 atom stereocenters. The minimum Gasteiger partial charge on any atom is -0.495 e. The van der Waals surface area contributed by atoms with Gasteiger partial charge in [-0.3, -0.25) is 39.1 Å². The highest BCUT2D eigenvalue weighted by Crippen LogP contribution is 2.37. The third-order valence-corrected chi connectivity index (χ3v) is 12.0. The number of carbonyl (C=O) groups is 5. The number of anilines is 5. The monoisotopic (exact) mass is 794 g/mol. The summed E-state index contributed by atoms with van der Waals surface area (Å²) in [6, 6.07) is 10.7. The molecule has 306 valence electrons. The van der Waals surface area contributed by atoms with Crippen molar-refractivity contribution in [1.29, 1.82) is 0 Å². The van der Waals surface area contributed by atoms with E-state index < -0.39 is 35.6 Å². The van der Waals surface area contributed by atoms with Crippen LogP contribution in [-0.2, 0) is 20.7 Å². The van der Waals surface area contributed by atoms with Crippen LogP contribution in [0.25, 0.3) is 0 Å². The Labute approximate surface area is 336 Å². The zero-order valence-electron chi connectivity index (χ0n) is 32.9. The highest BCUT2D eigenvalue weighted by Gasteiger charge is 2.46. The molecular formula is C41H50N10O7. The van der Waals surface area contributed by atoms with Crippen molar-refractivity contribution in [2.75, 3.05) is 80.0 Å². The Hall–Kier alpha value is -5.81. The van der Waals surface area contributed by atoms with Crippen molar-refractivity contribution in [3.8, 4) is 5.75 Å². The van der Waals surface area contributed by atoms with E-state index in [0.717, 1.165) is 62.4 Å². The number of imide groups is 2. The van der Waals surface area contributed by atoms with Crippen LogP contribution in [0.2, 0.25) is 0 Å². The van der Waals surface area contributed by atoms with Gasteiger partial charge in [0.2, 0.25) is 11.8 Å². The second-order valence-corrected chi connectivity index (χ2v) is 15.4. The molecular weight excluding hydrogens is 745 g/mol. The number of amides is 5. The Morgan fingerprint density at radius 2 is 1.64 bits per heavy atom. The third-order valence-electron chi connectivity index (χ3n) is 12.0. The van der Waals surface area contributed by atoms with E-state index in [2.05, 4.69) is 35.6 Å². The number of methoxy groups -OCH3 is 1. The maximum absolute atomic E-state index is 13.7. The van der Waals surface area contributed by atoms with Crippen LogP contribution in [0, 0.1) is 0 Å². The number of fused-ring (bicyclic) bond motifs is 1. The van der Waals surface area contributed by atoms with Gasteiger partial charge in [0, 0.05) is 82.7 Å². The first-order chi connectivity index (χ1) is 28.1. The number of piperazine rings is 1. The summed E-state index contributed by atoms with van der Waals surface area (Å²) in [6.45, 7) is 7.99. The quantitative estimate of drug-likeness (QED) is 0.206. The summed E-state index contributed by atoms with van der Waals surface area (Å²) in [4.78, 5) is 81.3. The normalized spacial score (nSPS) is 20.9. The molecule has 0 saturated carbocycles. The smallest absolute Gasteiger partial charge is 0.271 e. The fourth-order valence-electron chi connectivity index (χ4n) is 8.84. The average Bonchev–Trinajstić information content (AvgIpc) is 3.49. The molecule has 5 amide bonds. The number of hydrogen-bond acceptors (Lipinski definition) is 14. The molecule has 3 aromatic rings. The summed E-state index contributed by atoms with van der Waals surface area (Å²) < 4.78 is 11.4. The van der Waals surface area contributed by atoms with Gasteiger partial charge in [0.1, 0.15) is 11.8 Å². The number of primary amides is 1. The number of rotatable bonds is 11. The molecule has 5 aliphatic heterocycles. The Kier molecular flexibility index (Phi) is 11.2. The molecule has 17 nitrogen and oxygen atoms in total. The van der Waals surface area contributed by atoms with E-state index >= 15 is 0 Å². The minimum atomic E-state index is -0.997. The zero-order chi connectivity index (χ0) is 40.5. The Bertz CT molecular complexity index is 2110. The topological polar surface area (TPSA) is 205 Å². The molecule has 5 aliphatic rings. The number of hydrogen-bond donors (Lipinski definition) is 4. The molecule has 2 aromatic carbocycles. The van der Waals surface area contributed by atoms with Crippen molar-refractivity contribution in [3.63, 3.8) is 0 Å². The van der Waals surface area contributed by atoms with Crippen LogP contribution >= 0.6 is 0 Å². The van der Waals surface area contributed by atoms with Crippen molar-refractivity contribution in [2.24, 2.45) is 5.73 Å². The molecule has 4 fully saturated rings. The lowest BCUT2D eigenvalue weighted by atomic mass is 10.0. The molecule has 8 rings (SSSR count). The minimum absolute atomic E-state index is 0.0769. The predicted octanol–water partition coefficient (Wildman–Crippen LogP) is 2.67. The summed E-state index contributed by atoms with van der Waals surface area (Å²) in [5, 5.41) is 9.04. The van der Waals surface area contributed by atoms with Gasteiger partial charge in [-0.05, 0) is 62.8 Å². The van der Waals surface area contributed by atoms with Gasteiger partial charge < -0.3 is 35.6 Å². The fraction of sp³-hybridized carbons (Fsp3) is 0.488. The number of nitrogens with zero attached hydrogens (tertiary/aromatic N) is 6. The number of carbonyl (C=O) groups excluding carboxylic acids is 5.